The summed E-state index contributed by atoms with van der Waals surface area (Å²) in [6.07, 6.45) is 1.04. The number of ether oxygens (including phenoxy) is 3. The highest BCUT2D eigenvalue weighted by molar-refractivity contribution is 5.98. The van der Waals surface area contributed by atoms with E-state index in [0.29, 0.717) is 49.8 Å². The third kappa shape index (κ3) is 3.65. The summed E-state index contributed by atoms with van der Waals surface area (Å²) >= 11 is 0. The van der Waals surface area contributed by atoms with Gasteiger partial charge in [-0.1, -0.05) is 0 Å². The molecule has 1 aromatic rings. The number of hydrogen-bond donors (Lipinski definition) is 2. The van der Waals surface area contributed by atoms with E-state index in [4.69, 9.17) is 19.9 Å². The number of nitrogens with one attached hydrogen (secondary N) is 1. The Morgan fingerprint density at radius 3 is 2.71 bits per heavy atom. The molecular weight excluding hydrogens is 272 g/mol. The number of carbonyl (C=O) groups excluding carboxylic acids is 1. The number of carbonyl (C=O) groups is 1. The predicted molar refractivity (Wildman–Crippen MR) is 79.8 cm³/mol. The molecule has 1 fully saturated rings. The van der Waals surface area contributed by atoms with E-state index < -0.39 is 5.54 Å². The number of nitrogens with two attached hydrogens (primary N) is 1. The number of amides is 1. The molecule has 116 valence electrons. The molecule has 1 aliphatic rings. The molecule has 21 heavy (non-hydrogen) atoms. The second kappa shape index (κ2) is 6.78. The largest absolute Gasteiger partial charge is 0.493 e. The minimum atomic E-state index is -0.871. The van der Waals surface area contributed by atoms with Crippen LogP contribution >= 0.6 is 0 Å². The Kier molecular flexibility index (Phi) is 5.03. The molecule has 3 N–H and O–H groups in total. The molecule has 0 atom stereocenters. The summed E-state index contributed by atoms with van der Waals surface area (Å²) in [6, 6.07) is 5.26. The number of anilines is 1. The summed E-state index contributed by atoms with van der Waals surface area (Å²) in [5, 5.41) is 2.85. The van der Waals surface area contributed by atoms with Gasteiger partial charge in [0.2, 0.25) is 5.91 Å². The fourth-order valence-corrected chi connectivity index (χ4v) is 2.24. The molecular formula is C15H22N2O4. The van der Waals surface area contributed by atoms with Crippen molar-refractivity contribution in [1.29, 1.82) is 0 Å². The molecule has 0 aromatic heterocycles. The van der Waals surface area contributed by atoms with Crippen LogP contribution < -0.4 is 20.5 Å². The minimum absolute atomic E-state index is 0.196. The highest BCUT2D eigenvalue weighted by Gasteiger charge is 2.35. The SMILES string of the molecule is CCOc1cc(NC(=O)C2(N)CCOCC2)ccc1OC. The quantitative estimate of drug-likeness (QED) is 0.860. The highest BCUT2D eigenvalue weighted by Crippen LogP contribution is 2.31. The lowest BCUT2D eigenvalue weighted by molar-refractivity contribution is -0.124. The summed E-state index contributed by atoms with van der Waals surface area (Å²) in [5.74, 6) is 1.03. The summed E-state index contributed by atoms with van der Waals surface area (Å²) in [5.41, 5.74) is 5.92. The van der Waals surface area contributed by atoms with Crippen LogP contribution in [0.2, 0.25) is 0 Å². The molecule has 2 rings (SSSR count). The molecule has 0 radical (unpaired) electrons. The third-order valence-electron chi connectivity index (χ3n) is 3.56. The Labute approximate surface area is 124 Å². The van der Waals surface area contributed by atoms with Crippen molar-refractivity contribution in [3.05, 3.63) is 18.2 Å². The monoisotopic (exact) mass is 294 g/mol. The lowest BCUT2D eigenvalue weighted by Gasteiger charge is -2.31. The van der Waals surface area contributed by atoms with Crippen LogP contribution in [0.3, 0.4) is 0 Å². The highest BCUT2D eigenvalue weighted by atomic mass is 16.5. The molecule has 6 nitrogen and oxygen atoms in total. The van der Waals surface area contributed by atoms with Crippen molar-refractivity contribution < 1.29 is 19.0 Å². The van der Waals surface area contributed by atoms with Crippen LogP contribution in [-0.2, 0) is 9.53 Å². The van der Waals surface area contributed by atoms with Gasteiger partial charge in [-0.3, -0.25) is 4.79 Å². The molecule has 1 aliphatic heterocycles. The van der Waals surface area contributed by atoms with E-state index in [1.807, 2.05) is 6.92 Å². The number of methoxy groups -OCH3 is 1. The molecule has 1 saturated heterocycles. The van der Waals surface area contributed by atoms with E-state index in [1.54, 1.807) is 25.3 Å². The summed E-state index contributed by atoms with van der Waals surface area (Å²) < 4.78 is 16.0. The maximum Gasteiger partial charge on any atom is 0.244 e. The van der Waals surface area contributed by atoms with Crippen molar-refractivity contribution in [2.24, 2.45) is 5.73 Å². The second-order valence-corrected chi connectivity index (χ2v) is 5.02. The number of hydrogen-bond acceptors (Lipinski definition) is 5. The molecule has 1 aromatic carbocycles. The summed E-state index contributed by atoms with van der Waals surface area (Å²) in [7, 11) is 1.58. The summed E-state index contributed by atoms with van der Waals surface area (Å²) in [4.78, 5) is 12.3. The van der Waals surface area contributed by atoms with Crippen molar-refractivity contribution in [1.82, 2.24) is 0 Å². The Morgan fingerprint density at radius 1 is 1.38 bits per heavy atom. The van der Waals surface area contributed by atoms with Crippen molar-refractivity contribution in [3.8, 4) is 11.5 Å². The first kappa shape index (κ1) is 15.6. The van der Waals surface area contributed by atoms with Crippen molar-refractivity contribution in [3.63, 3.8) is 0 Å². The molecule has 1 heterocycles. The van der Waals surface area contributed by atoms with Gasteiger partial charge < -0.3 is 25.3 Å². The topological polar surface area (TPSA) is 82.8 Å². The van der Waals surface area contributed by atoms with Crippen molar-refractivity contribution in [2.75, 3.05) is 32.2 Å². The second-order valence-electron chi connectivity index (χ2n) is 5.02. The molecule has 0 saturated carbocycles. The summed E-state index contributed by atoms with van der Waals surface area (Å²) in [6.45, 7) is 3.43. The molecule has 0 aliphatic carbocycles. The Balaban J connectivity index is 2.11. The van der Waals surface area contributed by atoms with Crippen molar-refractivity contribution in [2.45, 2.75) is 25.3 Å². The van der Waals surface area contributed by atoms with Gasteiger partial charge in [0, 0.05) is 25.0 Å². The molecule has 0 spiro atoms. The number of benzene rings is 1. The average molecular weight is 294 g/mol. The van der Waals surface area contributed by atoms with Gasteiger partial charge in [-0.25, -0.2) is 0 Å². The lowest BCUT2D eigenvalue weighted by atomic mass is 9.90. The van der Waals surface area contributed by atoms with E-state index in [9.17, 15) is 4.79 Å². The lowest BCUT2D eigenvalue weighted by Crippen LogP contribution is -2.54. The zero-order chi connectivity index (χ0) is 15.3. The first-order valence-corrected chi connectivity index (χ1v) is 7.08. The minimum Gasteiger partial charge on any atom is -0.493 e. The van der Waals surface area contributed by atoms with Gasteiger partial charge in [0.05, 0.1) is 13.7 Å². The first-order valence-electron chi connectivity index (χ1n) is 7.08. The van der Waals surface area contributed by atoms with Gasteiger partial charge in [-0.15, -0.1) is 0 Å². The van der Waals surface area contributed by atoms with Gasteiger partial charge in [0.15, 0.2) is 11.5 Å². The van der Waals surface area contributed by atoms with Gasteiger partial charge in [0.25, 0.3) is 0 Å². The Hall–Kier alpha value is -1.79. The van der Waals surface area contributed by atoms with Gasteiger partial charge in [-0.05, 0) is 31.9 Å². The van der Waals surface area contributed by atoms with Crippen LogP contribution in [0.25, 0.3) is 0 Å². The maximum absolute atomic E-state index is 12.3. The van der Waals surface area contributed by atoms with E-state index in [2.05, 4.69) is 5.32 Å². The zero-order valence-corrected chi connectivity index (χ0v) is 12.5. The number of rotatable bonds is 5. The first-order chi connectivity index (χ1) is 10.1. The predicted octanol–water partition coefficient (Wildman–Crippen LogP) is 1.54. The Bertz CT molecular complexity index is 498. The van der Waals surface area contributed by atoms with Gasteiger partial charge in [0.1, 0.15) is 5.54 Å². The van der Waals surface area contributed by atoms with Crippen molar-refractivity contribution >= 4 is 11.6 Å². The smallest absolute Gasteiger partial charge is 0.244 e. The van der Waals surface area contributed by atoms with Crippen LogP contribution in [0.1, 0.15) is 19.8 Å². The van der Waals surface area contributed by atoms with E-state index in [-0.39, 0.29) is 5.91 Å². The molecule has 0 bridgehead atoms. The zero-order valence-electron chi connectivity index (χ0n) is 12.5. The van der Waals surface area contributed by atoms with Gasteiger partial charge >= 0.3 is 0 Å². The van der Waals surface area contributed by atoms with Crippen LogP contribution in [0.4, 0.5) is 5.69 Å². The van der Waals surface area contributed by atoms with E-state index in [0.717, 1.165) is 0 Å². The third-order valence-corrected chi connectivity index (χ3v) is 3.56. The maximum atomic E-state index is 12.3. The molecule has 1 amide bonds. The normalized spacial score (nSPS) is 17.1. The fourth-order valence-electron chi connectivity index (χ4n) is 2.24. The van der Waals surface area contributed by atoms with Crippen LogP contribution in [0.5, 0.6) is 11.5 Å². The van der Waals surface area contributed by atoms with Gasteiger partial charge in [-0.2, -0.15) is 0 Å². The Morgan fingerprint density at radius 2 is 2.10 bits per heavy atom. The molecule has 6 heteroatoms. The van der Waals surface area contributed by atoms with Crippen LogP contribution in [-0.4, -0.2) is 38.4 Å². The fraction of sp³-hybridized carbons (Fsp3) is 0.533. The van der Waals surface area contributed by atoms with E-state index >= 15 is 0 Å². The standard InChI is InChI=1S/C15H22N2O4/c1-3-21-13-10-11(4-5-12(13)19-2)17-14(18)15(16)6-8-20-9-7-15/h4-5,10H,3,6-9,16H2,1-2H3,(H,17,18). The van der Waals surface area contributed by atoms with E-state index in [1.165, 1.54) is 0 Å². The average Bonchev–Trinajstić information content (AvgIpc) is 2.48. The van der Waals surface area contributed by atoms with Crippen LogP contribution in [0, 0.1) is 0 Å². The van der Waals surface area contributed by atoms with Crippen LogP contribution in [0.15, 0.2) is 18.2 Å². The molecule has 0 unspecified atom stereocenters.